The van der Waals surface area contributed by atoms with Crippen molar-refractivity contribution in [1.82, 2.24) is 14.9 Å². The topological polar surface area (TPSA) is 70.1 Å². The molecule has 0 aromatic carbocycles. The van der Waals surface area contributed by atoms with Crippen LogP contribution in [0, 0.1) is 6.92 Å². The summed E-state index contributed by atoms with van der Waals surface area (Å²) in [5.74, 6) is 1.68. The van der Waals surface area contributed by atoms with Gasteiger partial charge in [0, 0.05) is 25.2 Å². The van der Waals surface area contributed by atoms with Crippen molar-refractivity contribution >= 4 is 17.5 Å². The maximum atomic E-state index is 12.4. The van der Waals surface area contributed by atoms with Gasteiger partial charge in [0.25, 0.3) is 0 Å². The molecule has 0 saturated carbocycles. The molecule has 0 bridgehead atoms. The molecule has 6 nitrogen and oxygen atoms in total. The van der Waals surface area contributed by atoms with Crippen molar-refractivity contribution in [3.63, 3.8) is 0 Å². The molecule has 1 unspecified atom stereocenters. The number of piperidine rings is 1. The average molecular weight is 291 g/mol. The molecule has 2 rings (SSSR count). The summed E-state index contributed by atoms with van der Waals surface area (Å²) in [6, 6.07) is -0.272. The zero-order chi connectivity index (χ0) is 15.2. The van der Waals surface area contributed by atoms with Crippen molar-refractivity contribution in [3.8, 4) is 0 Å². The molecule has 1 aromatic heterocycles. The predicted octanol–water partition coefficient (Wildman–Crippen LogP) is 2.03. The Kier molecular flexibility index (Phi) is 5.36. The van der Waals surface area contributed by atoms with Crippen LogP contribution < -0.4 is 10.6 Å². The molecule has 21 heavy (non-hydrogen) atoms. The zero-order valence-electron chi connectivity index (χ0n) is 13.1. The van der Waals surface area contributed by atoms with Crippen LogP contribution in [0.4, 0.5) is 11.6 Å². The molecule has 0 radical (unpaired) electrons. The first-order chi connectivity index (χ1) is 10.1. The molecule has 1 saturated heterocycles. The quantitative estimate of drug-likeness (QED) is 0.868. The zero-order valence-corrected chi connectivity index (χ0v) is 13.1. The third-order valence-corrected chi connectivity index (χ3v) is 3.82. The standard InChI is InChI=1S/C15H25N5O/c1-4-16-13-11(2)14(18-10-17-13)19-12(3)15(21)20-8-6-5-7-9-20/h10,12H,4-9H2,1-3H3,(H2,16,17,18,19). The number of likely N-dealkylation sites (tertiary alicyclic amines) is 1. The molecule has 1 fully saturated rings. The molecule has 2 heterocycles. The summed E-state index contributed by atoms with van der Waals surface area (Å²) < 4.78 is 0. The van der Waals surface area contributed by atoms with Gasteiger partial charge in [0.1, 0.15) is 24.0 Å². The number of rotatable bonds is 5. The Balaban J connectivity index is 2.03. The van der Waals surface area contributed by atoms with Gasteiger partial charge in [0.15, 0.2) is 0 Å². The second kappa shape index (κ2) is 7.24. The Morgan fingerprint density at radius 3 is 2.62 bits per heavy atom. The third-order valence-electron chi connectivity index (χ3n) is 3.82. The van der Waals surface area contributed by atoms with E-state index in [4.69, 9.17) is 0 Å². The number of anilines is 2. The first-order valence-corrected chi connectivity index (χ1v) is 7.74. The summed E-state index contributed by atoms with van der Waals surface area (Å²) >= 11 is 0. The van der Waals surface area contributed by atoms with Crippen molar-refractivity contribution in [1.29, 1.82) is 0 Å². The van der Waals surface area contributed by atoms with Crippen LogP contribution in [0.5, 0.6) is 0 Å². The summed E-state index contributed by atoms with van der Waals surface area (Å²) in [6.45, 7) is 8.42. The van der Waals surface area contributed by atoms with Gasteiger partial charge in [-0.2, -0.15) is 0 Å². The van der Waals surface area contributed by atoms with E-state index in [-0.39, 0.29) is 11.9 Å². The monoisotopic (exact) mass is 291 g/mol. The van der Waals surface area contributed by atoms with Gasteiger partial charge in [0.05, 0.1) is 0 Å². The van der Waals surface area contributed by atoms with Gasteiger partial charge in [-0.3, -0.25) is 4.79 Å². The number of carbonyl (C=O) groups excluding carboxylic acids is 1. The summed E-state index contributed by atoms with van der Waals surface area (Å²) in [6.07, 6.45) is 4.96. The smallest absolute Gasteiger partial charge is 0.244 e. The van der Waals surface area contributed by atoms with Crippen molar-refractivity contribution in [2.45, 2.75) is 46.1 Å². The van der Waals surface area contributed by atoms with Gasteiger partial charge in [-0.25, -0.2) is 9.97 Å². The lowest BCUT2D eigenvalue weighted by Gasteiger charge is -2.29. The highest BCUT2D eigenvalue weighted by atomic mass is 16.2. The molecule has 1 amide bonds. The van der Waals surface area contributed by atoms with Crippen molar-refractivity contribution in [3.05, 3.63) is 11.9 Å². The Morgan fingerprint density at radius 1 is 1.29 bits per heavy atom. The molecule has 116 valence electrons. The summed E-state index contributed by atoms with van der Waals surface area (Å²) in [5.41, 5.74) is 0.942. The molecular formula is C15H25N5O. The van der Waals surface area contributed by atoms with Crippen molar-refractivity contribution < 1.29 is 4.79 Å². The summed E-state index contributed by atoms with van der Waals surface area (Å²) in [5, 5.41) is 6.42. The van der Waals surface area contributed by atoms with Gasteiger partial charge in [-0.05, 0) is 40.0 Å². The predicted molar refractivity (Wildman–Crippen MR) is 84.4 cm³/mol. The Labute approximate surface area is 126 Å². The SMILES string of the molecule is CCNc1ncnc(NC(C)C(=O)N2CCCCC2)c1C. The normalized spacial score (nSPS) is 16.4. The minimum atomic E-state index is -0.272. The van der Waals surface area contributed by atoms with Crippen molar-refractivity contribution in [2.24, 2.45) is 0 Å². The Morgan fingerprint density at radius 2 is 1.95 bits per heavy atom. The molecule has 1 aromatic rings. The van der Waals surface area contributed by atoms with E-state index >= 15 is 0 Å². The minimum absolute atomic E-state index is 0.151. The Bertz CT molecular complexity index is 485. The van der Waals surface area contributed by atoms with E-state index in [0.717, 1.165) is 49.7 Å². The summed E-state index contributed by atoms with van der Waals surface area (Å²) in [4.78, 5) is 22.8. The van der Waals surface area contributed by atoms with Crippen LogP contribution in [0.2, 0.25) is 0 Å². The van der Waals surface area contributed by atoms with Gasteiger partial charge < -0.3 is 15.5 Å². The minimum Gasteiger partial charge on any atom is -0.370 e. The van der Waals surface area contributed by atoms with Crippen LogP contribution in [0.15, 0.2) is 6.33 Å². The number of hydrogen-bond acceptors (Lipinski definition) is 5. The Hall–Kier alpha value is -1.85. The van der Waals surface area contributed by atoms with E-state index < -0.39 is 0 Å². The second-order valence-electron chi connectivity index (χ2n) is 5.48. The summed E-state index contributed by atoms with van der Waals surface area (Å²) in [7, 11) is 0. The number of amides is 1. The van der Waals surface area contributed by atoms with E-state index in [9.17, 15) is 4.79 Å². The molecule has 0 aliphatic carbocycles. The van der Waals surface area contributed by atoms with E-state index in [2.05, 4.69) is 20.6 Å². The average Bonchev–Trinajstić information content (AvgIpc) is 2.51. The molecule has 1 aliphatic heterocycles. The van der Waals surface area contributed by atoms with E-state index in [1.54, 1.807) is 0 Å². The number of aromatic nitrogens is 2. The van der Waals surface area contributed by atoms with Gasteiger partial charge in [-0.15, -0.1) is 0 Å². The fourth-order valence-electron chi connectivity index (χ4n) is 2.60. The van der Waals surface area contributed by atoms with Crippen LogP contribution in [0.3, 0.4) is 0 Å². The molecule has 1 atom stereocenters. The number of hydrogen-bond donors (Lipinski definition) is 2. The van der Waals surface area contributed by atoms with Crippen LogP contribution in [0.25, 0.3) is 0 Å². The van der Waals surface area contributed by atoms with E-state index in [0.29, 0.717) is 0 Å². The molecule has 0 spiro atoms. The van der Waals surface area contributed by atoms with Crippen LogP contribution >= 0.6 is 0 Å². The highest BCUT2D eigenvalue weighted by Gasteiger charge is 2.22. The maximum Gasteiger partial charge on any atom is 0.244 e. The molecular weight excluding hydrogens is 266 g/mol. The molecule has 6 heteroatoms. The number of carbonyl (C=O) groups is 1. The number of nitrogens with one attached hydrogen (secondary N) is 2. The third kappa shape index (κ3) is 3.83. The first kappa shape index (κ1) is 15.5. The number of nitrogens with zero attached hydrogens (tertiary/aromatic N) is 3. The highest BCUT2D eigenvalue weighted by Crippen LogP contribution is 2.19. The van der Waals surface area contributed by atoms with Crippen LogP contribution in [-0.4, -0.2) is 46.5 Å². The molecule has 2 N–H and O–H groups in total. The fraction of sp³-hybridized carbons (Fsp3) is 0.667. The lowest BCUT2D eigenvalue weighted by atomic mass is 10.1. The fourth-order valence-corrected chi connectivity index (χ4v) is 2.60. The molecule has 1 aliphatic rings. The van der Waals surface area contributed by atoms with E-state index in [1.807, 2.05) is 25.7 Å². The lowest BCUT2D eigenvalue weighted by Crippen LogP contribution is -2.44. The van der Waals surface area contributed by atoms with Crippen LogP contribution in [-0.2, 0) is 4.79 Å². The first-order valence-electron chi connectivity index (χ1n) is 7.74. The van der Waals surface area contributed by atoms with E-state index in [1.165, 1.54) is 12.7 Å². The highest BCUT2D eigenvalue weighted by molar-refractivity contribution is 5.84. The lowest BCUT2D eigenvalue weighted by molar-refractivity contribution is -0.132. The second-order valence-corrected chi connectivity index (χ2v) is 5.48. The largest absolute Gasteiger partial charge is 0.370 e. The van der Waals surface area contributed by atoms with Crippen molar-refractivity contribution in [2.75, 3.05) is 30.3 Å². The van der Waals surface area contributed by atoms with Gasteiger partial charge in [0.2, 0.25) is 5.91 Å². The van der Waals surface area contributed by atoms with Gasteiger partial charge in [-0.1, -0.05) is 0 Å². The van der Waals surface area contributed by atoms with Crippen LogP contribution in [0.1, 0.15) is 38.7 Å². The maximum absolute atomic E-state index is 12.4. The van der Waals surface area contributed by atoms with Gasteiger partial charge >= 0.3 is 0 Å².